The molecule has 0 radical (unpaired) electrons. The molecule has 0 atom stereocenters. The summed E-state index contributed by atoms with van der Waals surface area (Å²) in [7, 11) is 0. The van der Waals surface area contributed by atoms with Crippen LogP contribution in [-0.4, -0.2) is 26.4 Å². The lowest BCUT2D eigenvalue weighted by atomic mass is 10.1. The lowest BCUT2D eigenvalue weighted by Gasteiger charge is -2.09. The number of rotatable bonds is 8. The minimum absolute atomic E-state index is 0.00691. The molecule has 0 spiro atoms. The largest absolute Gasteiger partial charge is 0.323 e. The molecule has 0 saturated heterocycles. The average Bonchev–Trinajstić information content (AvgIpc) is 3.06. The fourth-order valence-corrected chi connectivity index (χ4v) is 3.45. The van der Waals surface area contributed by atoms with Gasteiger partial charge in [0.25, 0.3) is 0 Å². The molecule has 0 fully saturated rings. The van der Waals surface area contributed by atoms with E-state index in [1.54, 1.807) is 18.2 Å². The number of thioether (sulfide) groups is 1. The van der Waals surface area contributed by atoms with Gasteiger partial charge in [0.2, 0.25) is 5.91 Å². The van der Waals surface area contributed by atoms with E-state index in [2.05, 4.69) is 22.1 Å². The van der Waals surface area contributed by atoms with Crippen LogP contribution in [0.5, 0.6) is 0 Å². The summed E-state index contributed by atoms with van der Waals surface area (Å²) in [6.45, 7) is 4.23. The summed E-state index contributed by atoms with van der Waals surface area (Å²) in [6.07, 6.45) is 2.26. The highest BCUT2D eigenvalue weighted by molar-refractivity contribution is 7.99. The molecule has 0 unspecified atom stereocenters. The maximum atomic E-state index is 13.7. The zero-order valence-corrected chi connectivity index (χ0v) is 16.8. The Kier molecular flexibility index (Phi) is 7.00. The number of aromatic nitrogens is 3. The number of halogens is 3. The topological polar surface area (TPSA) is 59.8 Å². The normalized spacial score (nSPS) is 10.7. The van der Waals surface area contributed by atoms with Crippen molar-refractivity contribution in [1.29, 1.82) is 0 Å². The summed E-state index contributed by atoms with van der Waals surface area (Å²) < 4.78 is 28.5. The van der Waals surface area contributed by atoms with E-state index < -0.39 is 17.5 Å². The summed E-state index contributed by atoms with van der Waals surface area (Å²) in [5.41, 5.74) is 0.946. The molecule has 9 heteroatoms. The van der Waals surface area contributed by atoms with E-state index in [4.69, 9.17) is 11.6 Å². The van der Waals surface area contributed by atoms with Gasteiger partial charge in [0.15, 0.2) is 5.16 Å². The van der Waals surface area contributed by atoms with E-state index in [1.807, 2.05) is 16.7 Å². The molecule has 0 aliphatic rings. The number of hydrogen-bond donors (Lipinski definition) is 1. The van der Waals surface area contributed by atoms with Gasteiger partial charge in [-0.05, 0) is 29.8 Å². The first-order valence-electron chi connectivity index (χ1n) is 8.61. The van der Waals surface area contributed by atoms with Gasteiger partial charge in [0.1, 0.15) is 17.5 Å². The molecule has 5 nitrogen and oxygen atoms in total. The van der Waals surface area contributed by atoms with Crippen LogP contribution in [-0.2, 0) is 17.8 Å². The van der Waals surface area contributed by atoms with Gasteiger partial charge in [-0.2, -0.15) is 0 Å². The molecule has 150 valence electrons. The van der Waals surface area contributed by atoms with Crippen LogP contribution in [0.15, 0.2) is 60.3 Å². The van der Waals surface area contributed by atoms with Crippen molar-refractivity contribution in [3.05, 3.63) is 83.2 Å². The number of hydrogen-bond acceptors (Lipinski definition) is 4. The van der Waals surface area contributed by atoms with Gasteiger partial charge in [-0.25, -0.2) is 8.78 Å². The molecule has 1 N–H and O–H groups in total. The van der Waals surface area contributed by atoms with E-state index in [1.165, 1.54) is 17.8 Å². The van der Waals surface area contributed by atoms with E-state index in [9.17, 15) is 13.6 Å². The van der Waals surface area contributed by atoms with Crippen LogP contribution in [0.4, 0.5) is 14.5 Å². The van der Waals surface area contributed by atoms with Crippen LogP contribution in [0.2, 0.25) is 5.02 Å². The summed E-state index contributed by atoms with van der Waals surface area (Å²) in [5.74, 6) is -1.26. The smallest absolute Gasteiger partial charge is 0.234 e. The molecule has 1 amide bonds. The third-order valence-electron chi connectivity index (χ3n) is 3.92. The lowest BCUT2D eigenvalue weighted by molar-refractivity contribution is -0.113. The van der Waals surface area contributed by atoms with Gasteiger partial charge in [-0.3, -0.25) is 4.79 Å². The predicted molar refractivity (Wildman–Crippen MR) is 110 cm³/mol. The van der Waals surface area contributed by atoms with Gasteiger partial charge in [0, 0.05) is 24.1 Å². The van der Waals surface area contributed by atoms with Gasteiger partial charge >= 0.3 is 0 Å². The zero-order chi connectivity index (χ0) is 20.8. The molecule has 0 aliphatic heterocycles. The lowest BCUT2D eigenvalue weighted by Crippen LogP contribution is -2.16. The third kappa shape index (κ3) is 5.65. The molecular weight excluding hydrogens is 418 g/mol. The monoisotopic (exact) mass is 434 g/mol. The molecule has 3 aromatic rings. The van der Waals surface area contributed by atoms with E-state index in [0.717, 1.165) is 17.5 Å². The van der Waals surface area contributed by atoms with Gasteiger partial charge in [0.05, 0.1) is 11.4 Å². The Balaban J connectivity index is 1.66. The fraction of sp³-hybridized carbons (Fsp3) is 0.150. The Hall–Kier alpha value is -2.71. The molecule has 29 heavy (non-hydrogen) atoms. The highest BCUT2D eigenvalue weighted by atomic mass is 35.5. The van der Waals surface area contributed by atoms with Crippen molar-refractivity contribution in [2.24, 2.45) is 0 Å². The van der Waals surface area contributed by atoms with Crippen molar-refractivity contribution in [2.75, 3.05) is 11.1 Å². The molecule has 3 rings (SSSR count). The average molecular weight is 435 g/mol. The van der Waals surface area contributed by atoms with E-state index in [-0.39, 0.29) is 11.4 Å². The Morgan fingerprint density at radius 3 is 2.66 bits per heavy atom. The predicted octanol–water partition coefficient (Wildman–Crippen LogP) is 4.72. The number of carbonyl (C=O) groups is 1. The minimum atomic E-state index is -0.830. The van der Waals surface area contributed by atoms with Gasteiger partial charge in [-0.15, -0.1) is 16.8 Å². The second-order valence-electron chi connectivity index (χ2n) is 6.06. The number of nitrogens with zero attached hydrogens (tertiary/aromatic N) is 3. The second kappa shape index (κ2) is 9.67. The van der Waals surface area contributed by atoms with Crippen molar-refractivity contribution in [3.63, 3.8) is 0 Å². The van der Waals surface area contributed by atoms with Crippen molar-refractivity contribution in [1.82, 2.24) is 14.8 Å². The van der Waals surface area contributed by atoms with Crippen molar-refractivity contribution < 1.29 is 13.6 Å². The third-order valence-corrected chi connectivity index (χ3v) is 5.14. The van der Waals surface area contributed by atoms with Crippen LogP contribution >= 0.6 is 23.4 Å². The van der Waals surface area contributed by atoms with Crippen LogP contribution in [0, 0.1) is 11.6 Å². The molecule has 0 aliphatic carbocycles. The molecule has 1 aromatic heterocycles. The van der Waals surface area contributed by atoms with E-state index in [0.29, 0.717) is 29.2 Å². The highest BCUT2D eigenvalue weighted by Crippen LogP contribution is 2.21. The Bertz CT molecular complexity index is 1020. The van der Waals surface area contributed by atoms with Crippen LogP contribution in [0.25, 0.3) is 0 Å². The Morgan fingerprint density at radius 1 is 1.21 bits per heavy atom. The summed E-state index contributed by atoms with van der Waals surface area (Å²) in [4.78, 5) is 12.1. The first-order valence-corrected chi connectivity index (χ1v) is 9.97. The van der Waals surface area contributed by atoms with Crippen LogP contribution < -0.4 is 5.32 Å². The first-order chi connectivity index (χ1) is 14.0. The number of allylic oxidation sites excluding steroid dienone is 1. The maximum Gasteiger partial charge on any atom is 0.234 e. The van der Waals surface area contributed by atoms with Crippen molar-refractivity contribution >= 4 is 35.0 Å². The number of anilines is 1. The quantitative estimate of drug-likeness (QED) is 0.412. The summed E-state index contributed by atoms with van der Waals surface area (Å²) in [6, 6.07) is 10.4. The minimum Gasteiger partial charge on any atom is -0.323 e. The van der Waals surface area contributed by atoms with Crippen LogP contribution in [0.3, 0.4) is 0 Å². The number of benzene rings is 2. The van der Waals surface area contributed by atoms with E-state index >= 15 is 0 Å². The highest BCUT2D eigenvalue weighted by Gasteiger charge is 2.15. The number of amides is 1. The second-order valence-corrected chi connectivity index (χ2v) is 7.44. The number of nitrogens with one attached hydrogen (secondary N) is 1. The molecular formula is C20H17ClF2N4OS. The maximum absolute atomic E-state index is 13.7. The van der Waals surface area contributed by atoms with Crippen molar-refractivity contribution in [2.45, 2.75) is 18.1 Å². The number of carbonyl (C=O) groups excluding carboxylic acids is 1. The Labute approximate surface area is 175 Å². The zero-order valence-electron chi connectivity index (χ0n) is 15.2. The van der Waals surface area contributed by atoms with Gasteiger partial charge in [-0.1, -0.05) is 41.6 Å². The molecule has 0 saturated carbocycles. The standard InChI is InChI=1S/C20H17ClF2N4OS/c1-2-9-27-18(10-13-3-5-14(21)6-4-13)25-26-20(27)29-12-19(28)24-17-8-7-15(22)11-16(17)23/h2-8,11H,1,9-10,12H2,(H,24,28). The van der Waals surface area contributed by atoms with Gasteiger partial charge < -0.3 is 9.88 Å². The molecule has 2 aromatic carbocycles. The SMILES string of the molecule is C=CCn1c(Cc2ccc(Cl)cc2)nnc1SCC(=O)Nc1ccc(F)cc1F. The molecule has 1 heterocycles. The summed E-state index contributed by atoms with van der Waals surface area (Å²) in [5, 5.41) is 12.0. The Morgan fingerprint density at radius 2 is 1.97 bits per heavy atom. The molecule has 0 bridgehead atoms. The fourth-order valence-electron chi connectivity index (χ4n) is 2.56. The summed E-state index contributed by atoms with van der Waals surface area (Å²) >= 11 is 7.09. The van der Waals surface area contributed by atoms with Crippen LogP contribution in [0.1, 0.15) is 11.4 Å². The van der Waals surface area contributed by atoms with Crippen molar-refractivity contribution in [3.8, 4) is 0 Å². The first kappa shape index (κ1) is 21.0.